The van der Waals surface area contributed by atoms with Crippen LogP contribution in [0.4, 0.5) is 0 Å². The largest absolute Gasteiger partial charge is 0.354 e. The number of benzene rings is 1. The van der Waals surface area contributed by atoms with E-state index in [0.29, 0.717) is 13.1 Å². The third-order valence-electron chi connectivity index (χ3n) is 3.15. The van der Waals surface area contributed by atoms with E-state index in [-0.39, 0.29) is 30.1 Å². The molecule has 1 aromatic rings. The fraction of sp³-hybridized carbons (Fsp3) is 0.467. The Hall–Kier alpha value is -1.11. The van der Waals surface area contributed by atoms with E-state index in [4.69, 9.17) is 5.73 Å². The molecule has 0 fully saturated rings. The Kier molecular flexibility index (Phi) is 8.66. The lowest BCUT2D eigenvalue weighted by molar-refractivity contribution is -0.127. The number of nitrogens with two attached hydrogens (primary N) is 1. The van der Waals surface area contributed by atoms with Crippen LogP contribution in [0.25, 0.3) is 0 Å². The lowest BCUT2D eigenvalue weighted by Crippen LogP contribution is -2.50. The highest BCUT2D eigenvalue weighted by Gasteiger charge is 2.30. The van der Waals surface area contributed by atoms with Crippen LogP contribution < -0.4 is 16.4 Å². The first kappa shape index (κ1) is 20.9. The molecule has 0 aromatic heterocycles. The van der Waals surface area contributed by atoms with Crippen LogP contribution in [0, 0.1) is 5.92 Å². The van der Waals surface area contributed by atoms with E-state index < -0.39 is 5.54 Å². The van der Waals surface area contributed by atoms with E-state index in [1.807, 2.05) is 38.1 Å². The summed E-state index contributed by atoms with van der Waals surface area (Å²) in [6, 6.07) is 7.31. The summed E-state index contributed by atoms with van der Waals surface area (Å²) in [6.45, 7) is 6.04. The van der Waals surface area contributed by atoms with Crippen molar-refractivity contribution in [3.8, 4) is 0 Å². The van der Waals surface area contributed by atoms with Crippen LogP contribution in [0.15, 0.2) is 28.7 Å². The number of hydrogen-bond donors (Lipinski definition) is 3. The highest BCUT2D eigenvalue weighted by atomic mass is 79.9. The van der Waals surface area contributed by atoms with Gasteiger partial charge in [-0.3, -0.25) is 9.59 Å². The Morgan fingerprint density at radius 1 is 1.18 bits per heavy atom. The number of amides is 2. The Bertz CT molecular complexity index is 504. The van der Waals surface area contributed by atoms with E-state index in [9.17, 15) is 9.59 Å². The van der Waals surface area contributed by atoms with Gasteiger partial charge in [-0.2, -0.15) is 0 Å². The second-order valence-electron chi connectivity index (χ2n) is 5.41. The molecule has 5 nitrogen and oxygen atoms in total. The van der Waals surface area contributed by atoms with Gasteiger partial charge in [0.05, 0.1) is 0 Å². The predicted molar refractivity (Wildman–Crippen MR) is 93.8 cm³/mol. The molecule has 2 amide bonds. The molecule has 4 N–H and O–H groups in total. The zero-order valence-electron chi connectivity index (χ0n) is 13.0. The minimum Gasteiger partial charge on any atom is -0.354 e. The van der Waals surface area contributed by atoms with Crippen molar-refractivity contribution < 1.29 is 9.59 Å². The van der Waals surface area contributed by atoms with Crippen molar-refractivity contribution in [1.29, 1.82) is 0 Å². The maximum Gasteiger partial charge on any atom is 0.244 e. The van der Waals surface area contributed by atoms with Crippen molar-refractivity contribution in [3.05, 3.63) is 34.3 Å². The van der Waals surface area contributed by atoms with Crippen LogP contribution in [0.5, 0.6) is 0 Å². The highest BCUT2D eigenvalue weighted by molar-refractivity contribution is 9.10. The first-order valence-electron chi connectivity index (χ1n) is 6.86. The SMILES string of the molecule is CC(C)C(=O)NCCNC(=O)C(C)(N)c1ccc(Br)cc1.Cl. The zero-order chi connectivity index (χ0) is 16.0. The van der Waals surface area contributed by atoms with Crippen molar-refractivity contribution in [2.24, 2.45) is 11.7 Å². The average molecular weight is 393 g/mol. The first-order chi connectivity index (χ1) is 9.75. The molecule has 1 aromatic carbocycles. The number of carbonyl (C=O) groups excluding carboxylic acids is 2. The second-order valence-corrected chi connectivity index (χ2v) is 6.33. The maximum atomic E-state index is 12.2. The second kappa shape index (κ2) is 9.12. The maximum absolute atomic E-state index is 12.2. The van der Waals surface area contributed by atoms with Crippen LogP contribution in [0.3, 0.4) is 0 Å². The summed E-state index contributed by atoms with van der Waals surface area (Å²) < 4.78 is 0.929. The smallest absolute Gasteiger partial charge is 0.244 e. The quantitative estimate of drug-likeness (QED) is 0.647. The van der Waals surface area contributed by atoms with Crippen LogP contribution in [-0.2, 0) is 15.1 Å². The topological polar surface area (TPSA) is 84.2 Å². The molecule has 0 radical (unpaired) electrons. The molecule has 22 heavy (non-hydrogen) atoms. The Morgan fingerprint density at radius 3 is 2.18 bits per heavy atom. The minimum atomic E-state index is -1.11. The first-order valence-corrected chi connectivity index (χ1v) is 7.65. The van der Waals surface area contributed by atoms with Crippen molar-refractivity contribution in [3.63, 3.8) is 0 Å². The number of carbonyl (C=O) groups is 2. The van der Waals surface area contributed by atoms with Crippen molar-refractivity contribution in [1.82, 2.24) is 10.6 Å². The Morgan fingerprint density at radius 2 is 1.68 bits per heavy atom. The highest BCUT2D eigenvalue weighted by Crippen LogP contribution is 2.20. The summed E-state index contributed by atoms with van der Waals surface area (Å²) in [5, 5.41) is 5.48. The van der Waals surface area contributed by atoms with Crippen LogP contribution in [0.2, 0.25) is 0 Å². The Balaban J connectivity index is 0.00000441. The molecular formula is C15H23BrClN3O2. The summed E-state index contributed by atoms with van der Waals surface area (Å²) in [5.41, 5.74) is 5.73. The van der Waals surface area contributed by atoms with Gasteiger partial charge in [0.2, 0.25) is 11.8 Å². The van der Waals surface area contributed by atoms with Gasteiger partial charge in [0.1, 0.15) is 5.54 Å². The van der Waals surface area contributed by atoms with Gasteiger partial charge in [-0.25, -0.2) is 0 Å². The third kappa shape index (κ3) is 5.94. The van der Waals surface area contributed by atoms with Gasteiger partial charge >= 0.3 is 0 Å². The summed E-state index contributed by atoms with van der Waals surface area (Å²) in [4.78, 5) is 23.6. The van der Waals surface area contributed by atoms with Crippen LogP contribution >= 0.6 is 28.3 Å². The molecule has 0 heterocycles. The molecule has 0 spiro atoms. The van der Waals surface area contributed by atoms with Gasteiger partial charge in [0, 0.05) is 23.5 Å². The van der Waals surface area contributed by atoms with E-state index in [2.05, 4.69) is 26.6 Å². The molecule has 0 aliphatic carbocycles. The molecule has 0 saturated carbocycles. The molecule has 0 aliphatic rings. The van der Waals surface area contributed by atoms with Gasteiger partial charge < -0.3 is 16.4 Å². The van der Waals surface area contributed by atoms with Gasteiger partial charge in [-0.1, -0.05) is 41.9 Å². The molecule has 1 unspecified atom stereocenters. The minimum absolute atomic E-state index is 0. The molecule has 0 bridgehead atoms. The summed E-state index contributed by atoms with van der Waals surface area (Å²) in [5.74, 6) is -0.375. The van der Waals surface area contributed by atoms with Crippen LogP contribution in [0.1, 0.15) is 26.3 Å². The van der Waals surface area contributed by atoms with Gasteiger partial charge in [0.25, 0.3) is 0 Å². The van der Waals surface area contributed by atoms with E-state index in [1.54, 1.807) is 6.92 Å². The van der Waals surface area contributed by atoms with E-state index >= 15 is 0 Å². The molecule has 7 heteroatoms. The van der Waals surface area contributed by atoms with Gasteiger partial charge in [0.15, 0.2) is 0 Å². The number of halogens is 2. The van der Waals surface area contributed by atoms with Gasteiger partial charge in [-0.05, 0) is 24.6 Å². The molecule has 124 valence electrons. The zero-order valence-corrected chi connectivity index (χ0v) is 15.4. The third-order valence-corrected chi connectivity index (χ3v) is 3.68. The van der Waals surface area contributed by atoms with Crippen molar-refractivity contribution >= 4 is 40.2 Å². The average Bonchev–Trinajstić information content (AvgIpc) is 2.43. The summed E-state index contributed by atoms with van der Waals surface area (Å²) >= 11 is 3.34. The lowest BCUT2D eigenvalue weighted by Gasteiger charge is -2.24. The molecule has 1 atom stereocenters. The van der Waals surface area contributed by atoms with Crippen molar-refractivity contribution in [2.75, 3.05) is 13.1 Å². The monoisotopic (exact) mass is 391 g/mol. The Labute approximate surface area is 145 Å². The number of nitrogens with one attached hydrogen (secondary N) is 2. The van der Waals surface area contributed by atoms with Crippen molar-refractivity contribution in [2.45, 2.75) is 26.3 Å². The molecule has 0 saturated heterocycles. The van der Waals surface area contributed by atoms with Crippen LogP contribution in [-0.4, -0.2) is 24.9 Å². The predicted octanol–water partition coefficient (Wildman–Crippen LogP) is 1.93. The molecule has 1 rings (SSSR count). The molecular weight excluding hydrogens is 370 g/mol. The summed E-state index contributed by atoms with van der Waals surface area (Å²) in [7, 11) is 0. The van der Waals surface area contributed by atoms with E-state index in [1.165, 1.54) is 0 Å². The fourth-order valence-corrected chi connectivity index (χ4v) is 1.94. The normalized spacial score (nSPS) is 13.0. The standard InChI is InChI=1S/C15H22BrN3O2.ClH/c1-10(2)13(20)18-8-9-19-14(21)15(3,17)11-4-6-12(16)7-5-11;/h4-7,10H,8-9,17H2,1-3H3,(H,18,20)(H,19,21);1H. The number of rotatable bonds is 6. The fourth-order valence-electron chi connectivity index (χ4n) is 1.68. The number of hydrogen-bond acceptors (Lipinski definition) is 3. The lowest BCUT2D eigenvalue weighted by atomic mass is 9.92. The molecule has 0 aliphatic heterocycles. The summed E-state index contributed by atoms with van der Waals surface area (Å²) in [6.07, 6.45) is 0. The van der Waals surface area contributed by atoms with Gasteiger partial charge in [-0.15, -0.1) is 12.4 Å². The van der Waals surface area contributed by atoms with E-state index in [0.717, 1.165) is 10.0 Å².